The molecule has 7 nitrogen and oxygen atoms in total. The van der Waals surface area contributed by atoms with Crippen molar-refractivity contribution in [2.75, 3.05) is 5.32 Å². The average molecular weight is 295 g/mol. The first-order valence-corrected chi connectivity index (χ1v) is 6.67. The molecule has 3 aromatic rings. The number of amides is 1. The Balaban J connectivity index is 1.81. The van der Waals surface area contributed by atoms with Crippen LogP contribution in [0, 0.1) is 6.92 Å². The van der Waals surface area contributed by atoms with Crippen LogP contribution in [0.1, 0.15) is 27.8 Å². The van der Waals surface area contributed by atoms with E-state index in [1.807, 2.05) is 24.3 Å². The van der Waals surface area contributed by atoms with Gasteiger partial charge in [-0.2, -0.15) is 4.98 Å². The Morgan fingerprint density at radius 2 is 2.14 bits per heavy atom. The lowest BCUT2D eigenvalue weighted by molar-refractivity contribution is 0.102. The Morgan fingerprint density at radius 1 is 1.27 bits per heavy atom. The molecule has 110 valence electrons. The summed E-state index contributed by atoms with van der Waals surface area (Å²) in [5.41, 5.74) is 1.81. The van der Waals surface area contributed by atoms with Crippen LogP contribution in [0.4, 0.5) is 5.69 Å². The van der Waals surface area contributed by atoms with Gasteiger partial charge in [-0.1, -0.05) is 23.4 Å². The number of rotatable bonds is 4. The van der Waals surface area contributed by atoms with Crippen LogP contribution in [-0.4, -0.2) is 26.0 Å². The summed E-state index contributed by atoms with van der Waals surface area (Å²) in [7, 11) is 0. The lowest BCUT2D eigenvalue weighted by Crippen LogP contribution is -2.15. The van der Waals surface area contributed by atoms with Gasteiger partial charge in [-0.3, -0.25) is 9.78 Å². The monoisotopic (exact) mass is 295 g/mol. The number of para-hydroxylation sites is 1. The van der Waals surface area contributed by atoms with Crippen molar-refractivity contribution in [2.24, 2.45) is 0 Å². The summed E-state index contributed by atoms with van der Waals surface area (Å²) in [4.78, 5) is 24.2. The van der Waals surface area contributed by atoms with Gasteiger partial charge >= 0.3 is 0 Å². The molecule has 0 spiro atoms. The van der Waals surface area contributed by atoms with Crippen molar-refractivity contribution in [1.29, 1.82) is 0 Å². The third-order valence-corrected chi connectivity index (χ3v) is 2.97. The van der Waals surface area contributed by atoms with Gasteiger partial charge in [0.15, 0.2) is 5.82 Å². The van der Waals surface area contributed by atoms with Gasteiger partial charge in [0.05, 0.1) is 12.6 Å². The molecule has 0 saturated carbocycles. The Labute approximate surface area is 126 Å². The van der Waals surface area contributed by atoms with Crippen molar-refractivity contribution in [3.05, 3.63) is 65.8 Å². The van der Waals surface area contributed by atoms with Crippen LogP contribution in [0.3, 0.4) is 0 Å². The zero-order valence-corrected chi connectivity index (χ0v) is 11.9. The second-order valence-corrected chi connectivity index (χ2v) is 4.61. The molecule has 3 rings (SSSR count). The largest absolute Gasteiger partial charge is 0.339 e. The fourth-order valence-electron chi connectivity index (χ4n) is 1.97. The minimum absolute atomic E-state index is 0.255. The van der Waals surface area contributed by atoms with Crippen LogP contribution in [0.15, 0.2) is 47.4 Å². The highest BCUT2D eigenvalue weighted by molar-refractivity contribution is 6.03. The lowest BCUT2D eigenvalue weighted by Gasteiger charge is -2.09. The van der Waals surface area contributed by atoms with Crippen molar-refractivity contribution in [2.45, 2.75) is 13.3 Å². The van der Waals surface area contributed by atoms with Crippen LogP contribution >= 0.6 is 0 Å². The van der Waals surface area contributed by atoms with Gasteiger partial charge in [0.2, 0.25) is 5.89 Å². The maximum absolute atomic E-state index is 12.2. The zero-order chi connectivity index (χ0) is 15.4. The minimum atomic E-state index is -0.317. The summed E-state index contributed by atoms with van der Waals surface area (Å²) < 4.78 is 5.12. The number of hydrogen-bond acceptors (Lipinski definition) is 6. The highest BCUT2D eigenvalue weighted by Crippen LogP contribution is 2.19. The molecule has 0 bridgehead atoms. The van der Waals surface area contributed by atoms with E-state index in [0.29, 0.717) is 23.8 Å². The van der Waals surface area contributed by atoms with Gasteiger partial charge in [-0.05, 0) is 18.6 Å². The predicted molar refractivity (Wildman–Crippen MR) is 78.3 cm³/mol. The maximum atomic E-state index is 12.2. The number of nitrogens with one attached hydrogen (secondary N) is 1. The molecule has 1 amide bonds. The summed E-state index contributed by atoms with van der Waals surface area (Å²) >= 11 is 0. The molecule has 0 radical (unpaired) electrons. The van der Waals surface area contributed by atoms with E-state index in [2.05, 4.69) is 25.4 Å². The number of benzene rings is 1. The first-order valence-electron chi connectivity index (χ1n) is 6.67. The van der Waals surface area contributed by atoms with Gasteiger partial charge in [0.25, 0.3) is 5.91 Å². The fourth-order valence-corrected chi connectivity index (χ4v) is 1.97. The molecular weight excluding hydrogens is 282 g/mol. The summed E-state index contributed by atoms with van der Waals surface area (Å²) in [6, 6.07) is 7.43. The Kier molecular flexibility index (Phi) is 3.86. The average Bonchev–Trinajstić information content (AvgIpc) is 2.95. The topological polar surface area (TPSA) is 93.8 Å². The lowest BCUT2D eigenvalue weighted by atomic mass is 10.1. The SMILES string of the molecule is Cc1noc(Cc2ccccc2NC(=O)c2cnccn2)n1. The molecule has 0 atom stereocenters. The molecule has 0 aliphatic carbocycles. The van der Waals surface area contributed by atoms with E-state index < -0.39 is 0 Å². The Bertz CT molecular complexity index is 785. The smallest absolute Gasteiger partial charge is 0.275 e. The summed E-state index contributed by atoms with van der Waals surface area (Å²) in [5.74, 6) is 0.761. The molecule has 0 aliphatic rings. The third-order valence-electron chi connectivity index (χ3n) is 2.97. The maximum Gasteiger partial charge on any atom is 0.275 e. The number of aromatic nitrogens is 4. The summed E-state index contributed by atoms with van der Waals surface area (Å²) in [6.45, 7) is 1.76. The quantitative estimate of drug-likeness (QED) is 0.791. The first-order chi connectivity index (χ1) is 10.7. The van der Waals surface area contributed by atoms with E-state index in [9.17, 15) is 4.79 Å². The van der Waals surface area contributed by atoms with Gasteiger partial charge in [0, 0.05) is 18.1 Å². The van der Waals surface area contributed by atoms with Crippen LogP contribution in [0.5, 0.6) is 0 Å². The van der Waals surface area contributed by atoms with E-state index in [0.717, 1.165) is 5.56 Å². The fraction of sp³-hybridized carbons (Fsp3) is 0.133. The van der Waals surface area contributed by atoms with Crippen LogP contribution in [-0.2, 0) is 6.42 Å². The van der Waals surface area contributed by atoms with Crippen molar-refractivity contribution < 1.29 is 9.32 Å². The zero-order valence-electron chi connectivity index (χ0n) is 11.9. The van der Waals surface area contributed by atoms with E-state index in [4.69, 9.17) is 4.52 Å². The summed E-state index contributed by atoms with van der Waals surface area (Å²) in [6.07, 6.45) is 4.85. The van der Waals surface area contributed by atoms with Gasteiger partial charge < -0.3 is 9.84 Å². The molecule has 7 heteroatoms. The highest BCUT2D eigenvalue weighted by atomic mass is 16.5. The van der Waals surface area contributed by atoms with Gasteiger partial charge in [-0.25, -0.2) is 4.98 Å². The second-order valence-electron chi connectivity index (χ2n) is 4.61. The van der Waals surface area contributed by atoms with Gasteiger partial charge in [-0.15, -0.1) is 0 Å². The van der Waals surface area contributed by atoms with Crippen molar-refractivity contribution >= 4 is 11.6 Å². The molecule has 22 heavy (non-hydrogen) atoms. The molecule has 0 aliphatic heterocycles. The number of carbonyl (C=O) groups excluding carboxylic acids is 1. The number of anilines is 1. The van der Waals surface area contributed by atoms with E-state index in [-0.39, 0.29) is 11.6 Å². The van der Waals surface area contributed by atoms with Crippen molar-refractivity contribution in [1.82, 2.24) is 20.1 Å². The minimum Gasteiger partial charge on any atom is -0.339 e. The van der Waals surface area contributed by atoms with E-state index >= 15 is 0 Å². The highest BCUT2D eigenvalue weighted by Gasteiger charge is 2.12. The second kappa shape index (κ2) is 6.13. The Morgan fingerprint density at radius 3 is 2.86 bits per heavy atom. The molecule has 1 N–H and O–H groups in total. The van der Waals surface area contributed by atoms with E-state index in [1.54, 1.807) is 6.92 Å². The predicted octanol–water partition coefficient (Wildman–Crippen LogP) is 2.01. The molecular formula is C15H13N5O2. The Hall–Kier alpha value is -3.09. The van der Waals surface area contributed by atoms with E-state index in [1.165, 1.54) is 18.6 Å². The number of hydrogen-bond donors (Lipinski definition) is 1. The number of carbonyl (C=O) groups is 1. The van der Waals surface area contributed by atoms with Gasteiger partial charge in [0.1, 0.15) is 5.69 Å². The molecule has 2 heterocycles. The summed E-state index contributed by atoms with van der Waals surface area (Å²) in [5, 5.41) is 6.58. The number of nitrogens with zero attached hydrogens (tertiary/aromatic N) is 4. The van der Waals surface area contributed by atoms with Crippen molar-refractivity contribution in [3.63, 3.8) is 0 Å². The molecule has 0 fully saturated rings. The normalized spacial score (nSPS) is 10.4. The standard InChI is InChI=1S/C15H13N5O2/c1-10-18-14(22-20-10)8-11-4-2-3-5-12(11)19-15(21)13-9-16-6-7-17-13/h2-7,9H,8H2,1H3,(H,19,21). The molecule has 2 aromatic heterocycles. The third kappa shape index (κ3) is 3.14. The first kappa shape index (κ1) is 13.9. The van der Waals surface area contributed by atoms with Crippen molar-refractivity contribution in [3.8, 4) is 0 Å². The molecule has 0 saturated heterocycles. The molecule has 0 unspecified atom stereocenters. The molecule has 1 aromatic carbocycles. The van der Waals surface area contributed by atoms with Crippen LogP contribution in [0.2, 0.25) is 0 Å². The number of aryl methyl sites for hydroxylation is 1. The van der Waals surface area contributed by atoms with Crippen LogP contribution < -0.4 is 5.32 Å². The van der Waals surface area contributed by atoms with Crippen LogP contribution in [0.25, 0.3) is 0 Å².